The second-order valence-electron chi connectivity index (χ2n) is 7.70. The first-order chi connectivity index (χ1) is 12.3. The number of halogens is 1. The van der Waals surface area contributed by atoms with Crippen LogP contribution >= 0.6 is 24.0 Å². The molecule has 2 aliphatic heterocycles. The van der Waals surface area contributed by atoms with Crippen molar-refractivity contribution in [3.05, 3.63) is 0 Å². The van der Waals surface area contributed by atoms with E-state index in [1.807, 2.05) is 7.05 Å². The second kappa shape index (κ2) is 14.9. The van der Waals surface area contributed by atoms with E-state index >= 15 is 0 Å². The zero-order valence-electron chi connectivity index (χ0n) is 17.1. The molecule has 2 N–H and O–H groups in total. The van der Waals surface area contributed by atoms with Gasteiger partial charge in [0.2, 0.25) is 0 Å². The summed E-state index contributed by atoms with van der Waals surface area (Å²) in [4.78, 5) is 9.56. The Morgan fingerprint density at radius 1 is 0.923 bits per heavy atom. The molecule has 0 amide bonds. The summed E-state index contributed by atoms with van der Waals surface area (Å²) < 4.78 is 0. The first-order valence-electron chi connectivity index (χ1n) is 10.7. The average molecular weight is 479 g/mol. The van der Waals surface area contributed by atoms with Gasteiger partial charge in [-0.15, -0.1) is 24.0 Å². The van der Waals surface area contributed by atoms with Gasteiger partial charge < -0.3 is 20.4 Å². The molecule has 0 unspecified atom stereocenters. The fourth-order valence-electron chi connectivity index (χ4n) is 4.08. The summed E-state index contributed by atoms with van der Waals surface area (Å²) in [6.45, 7) is 11.9. The van der Waals surface area contributed by atoms with Crippen LogP contribution in [0.15, 0.2) is 4.99 Å². The maximum absolute atomic E-state index is 4.37. The van der Waals surface area contributed by atoms with Gasteiger partial charge in [-0.05, 0) is 83.7 Å². The SMILES string of the molecule is CCN1CCC(CCNC(=NC)NCCCN2CCCCCC2)CC1.I. The first-order valence-corrected chi connectivity index (χ1v) is 10.7. The van der Waals surface area contributed by atoms with Gasteiger partial charge in [0, 0.05) is 20.1 Å². The van der Waals surface area contributed by atoms with Crippen LogP contribution in [-0.2, 0) is 0 Å². The maximum atomic E-state index is 4.37. The zero-order valence-corrected chi connectivity index (χ0v) is 19.5. The standard InChI is InChI=1S/C20H41N5.HI/c1-3-24-17-10-19(11-18-24)9-13-23-20(21-2)22-12-8-16-25-14-6-4-5-7-15-25;/h19H,3-18H2,1-2H3,(H2,21,22,23);1H. The van der Waals surface area contributed by atoms with Crippen molar-refractivity contribution in [1.82, 2.24) is 20.4 Å². The van der Waals surface area contributed by atoms with E-state index in [-0.39, 0.29) is 24.0 Å². The molecule has 0 bridgehead atoms. The third-order valence-electron chi connectivity index (χ3n) is 5.87. The van der Waals surface area contributed by atoms with Crippen LogP contribution in [0.4, 0.5) is 0 Å². The van der Waals surface area contributed by atoms with Crippen LogP contribution in [0.2, 0.25) is 0 Å². The highest BCUT2D eigenvalue weighted by Crippen LogP contribution is 2.19. The minimum atomic E-state index is 0. The Morgan fingerprint density at radius 2 is 1.58 bits per heavy atom. The van der Waals surface area contributed by atoms with Crippen molar-refractivity contribution in [2.45, 2.75) is 58.3 Å². The van der Waals surface area contributed by atoms with Gasteiger partial charge in [0.15, 0.2) is 5.96 Å². The lowest BCUT2D eigenvalue weighted by Crippen LogP contribution is -2.40. The first kappa shape index (κ1) is 24.0. The molecule has 0 aromatic heterocycles. The molecule has 154 valence electrons. The largest absolute Gasteiger partial charge is 0.356 e. The highest BCUT2D eigenvalue weighted by atomic mass is 127. The van der Waals surface area contributed by atoms with Crippen molar-refractivity contribution in [2.75, 3.05) is 59.4 Å². The Hall–Kier alpha value is -0.0800. The summed E-state index contributed by atoms with van der Waals surface area (Å²) in [6, 6.07) is 0. The molecule has 0 spiro atoms. The van der Waals surface area contributed by atoms with Crippen LogP contribution in [0.3, 0.4) is 0 Å². The van der Waals surface area contributed by atoms with Crippen molar-refractivity contribution in [2.24, 2.45) is 10.9 Å². The number of hydrogen-bond acceptors (Lipinski definition) is 3. The van der Waals surface area contributed by atoms with Crippen molar-refractivity contribution < 1.29 is 0 Å². The number of aliphatic imine (C=N–C) groups is 1. The minimum Gasteiger partial charge on any atom is -0.356 e. The highest BCUT2D eigenvalue weighted by Gasteiger charge is 2.17. The molecule has 0 atom stereocenters. The quantitative estimate of drug-likeness (QED) is 0.243. The van der Waals surface area contributed by atoms with Gasteiger partial charge >= 0.3 is 0 Å². The number of piperidine rings is 1. The molecule has 0 saturated carbocycles. The van der Waals surface area contributed by atoms with Crippen LogP contribution in [-0.4, -0.2) is 75.2 Å². The van der Waals surface area contributed by atoms with Crippen molar-refractivity contribution >= 4 is 29.9 Å². The molecule has 0 aromatic carbocycles. The highest BCUT2D eigenvalue weighted by molar-refractivity contribution is 14.0. The zero-order chi connectivity index (χ0) is 17.7. The lowest BCUT2D eigenvalue weighted by Gasteiger charge is -2.31. The third kappa shape index (κ3) is 9.74. The number of hydrogen-bond donors (Lipinski definition) is 2. The smallest absolute Gasteiger partial charge is 0.190 e. The van der Waals surface area contributed by atoms with E-state index < -0.39 is 0 Å². The Kier molecular flexibility index (Phi) is 13.7. The number of nitrogens with zero attached hydrogens (tertiary/aromatic N) is 3. The summed E-state index contributed by atoms with van der Waals surface area (Å²) in [7, 11) is 1.88. The Labute approximate surface area is 178 Å². The molecular weight excluding hydrogens is 437 g/mol. The van der Waals surface area contributed by atoms with Crippen molar-refractivity contribution in [3.63, 3.8) is 0 Å². The molecule has 0 radical (unpaired) electrons. The molecule has 2 fully saturated rings. The summed E-state index contributed by atoms with van der Waals surface area (Å²) in [5, 5.41) is 6.98. The Bertz CT molecular complexity index is 361. The van der Waals surface area contributed by atoms with Crippen LogP contribution < -0.4 is 10.6 Å². The average Bonchev–Trinajstić information content (AvgIpc) is 2.93. The summed E-state index contributed by atoms with van der Waals surface area (Å²) in [6.07, 6.45) is 10.8. The summed E-state index contributed by atoms with van der Waals surface area (Å²) >= 11 is 0. The van der Waals surface area contributed by atoms with Gasteiger partial charge in [0.05, 0.1) is 0 Å². The lowest BCUT2D eigenvalue weighted by atomic mass is 9.93. The normalized spacial score (nSPS) is 21.1. The molecule has 26 heavy (non-hydrogen) atoms. The summed E-state index contributed by atoms with van der Waals surface area (Å²) in [5.74, 6) is 1.86. The predicted octanol–water partition coefficient (Wildman–Crippen LogP) is 3.16. The van der Waals surface area contributed by atoms with Gasteiger partial charge in [-0.25, -0.2) is 0 Å². The van der Waals surface area contributed by atoms with E-state index in [1.165, 1.54) is 90.6 Å². The molecule has 0 aromatic rings. The van der Waals surface area contributed by atoms with E-state index in [2.05, 4.69) is 32.3 Å². The fourth-order valence-corrected chi connectivity index (χ4v) is 4.08. The van der Waals surface area contributed by atoms with Gasteiger partial charge in [0.25, 0.3) is 0 Å². The van der Waals surface area contributed by atoms with Gasteiger partial charge in [-0.3, -0.25) is 4.99 Å². The molecule has 2 heterocycles. The lowest BCUT2D eigenvalue weighted by molar-refractivity contribution is 0.187. The van der Waals surface area contributed by atoms with Gasteiger partial charge in [0.1, 0.15) is 0 Å². The predicted molar refractivity (Wildman–Crippen MR) is 124 cm³/mol. The number of guanidine groups is 1. The minimum absolute atomic E-state index is 0. The monoisotopic (exact) mass is 479 g/mol. The topological polar surface area (TPSA) is 42.9 Å². The molecule has 0 aliphatic carbocycles. The van der Waals surface area contributed by atoms with Gasteiger partial charge in [-0.2, -0.15) is 0 Å². The molecular formula is C20H42IN5. The molecule has 6 heteroatoms. The molecule has 2 rings (SSSR count). The van der Waals surface area contributed by atoms with Crippen LogP contribution in [0.5, 0.6) is 0 Å². The molecule has 2 saturated heterocycles. The van der Waals surface area contributed by atoms with E-state index in [1.54, 1.807) is 0 Å². The third-order valence-corrected chi connectivity index (χ3v) is 5.87. The van der Waals surface area contributed by atoms with Gasteiger partial charge in [-0.1, -0.05) is 19.8 Å². The Morgan fingerprint density at radius 3 is 2.19 bits per heavy atom. The van der Waals surface area contributed by atoms with Crippen molar-refractivity contribution in [3.8, 4) is 0 Å². The maximum Gasteiger partial charge on any atom is 0.190 e. The van der Waals surface area contributed by atoms with Crippen LogP contribution in [0.25, 0.3) is 0 Å². The fraction of sp³-hybridized carbons (Fsp3) is 0.950. The molecule has 5 nitrogen and oxygen atoms in total. The molecule has 2 aliphatic rings. The van der Waals surface area contributed by atoms with E-state index in [4.69, 9.17) is 0 Å². The van der Waals surface area contributed by atoms with E-state index in [0.29, 0.717) is 0 Å². The van der Waals surface area contributed by atoms with Crippen LogP contribution in [0.1, 0.15) is 58.3 Å². The van der Waals surface area contributed by atoms with Crippen molar-refractivity contribution in [1.29, 1.82) is 0 Å². The van der Waals surface area contributed by atoms with E-state index in [9.17, 15) is 0 Å². The number of rotatable bonds is 8. The second-order valence-corrected chi connectivity index (χ2v) is 7.70. The number of likely N-dealkylation sites (tertiary alicyclic amines) is 2. The summed E-state index contributed by atoms with van der Waals surface area (Å²) in [5.41, 5.74) is 0. The Balaban J connectivity index is 0.00000338. The van der Waals surface area contributed by atoms with E-state index in [0.717, 1.165) is 25.0 Å². The number of nitrogens with one attached hydrogen (secondary N) is 2. The van der Waals surface area contributed by atoms with Crippen LogP contribution in [0, 0.1) is 5.92 Å².